The molecule has 0 aromatic carbocycles. The Bertz CT molecular complexity index is 843. The molecule has 2 aliphatic heterocycles. The second kappa shape index (κ2) is 10.1. The molecule has 0 saturated carbocycles. The number of carboxylic acid groups (broad SMARTS) is 1. The standard InChI is InChI=1S/C17H18N2O7S2.Na/c1-9(20)26-7-10-8-28-16-14(15(22)18(16)13(10)17(23)24)19(25-2)12(21)6-11-4-3-5-27-11;/h3-5,14,16H,6-8H2,1-2H3,(H,23,24);/q;+1/p-1/t14-,16-;/m1./s1. The van der Waals surface area contributed by atoms with Crippen molar-refractivity contribution >= 4 is 46.9 Å². The van der Waals surface area contributed by atoms with Crippen molar-refractivity contribution in [2.24, 2.45) is 0 Å². The number of hydroxylamine groups is 2. The first kappa shape index (κ1) is 23.9. The number of fused-ring (bicyclic) bond motifs is 1. The summed E-state index contributed by atoms with van der Waals surface area (Å²) >= 11 is 2.68. The van der Waals surface area contributed by atoms with Crippen LogP contribution in [0, 0.1) is 0 Å². The maximum atomic E-state index is 12.7. The molecule has 3 rings (SSSR count). The van der Waals surface area contributed by atoms with Gasteiger partial charge in [-0.15, -0.1) is 23.1 Å². The largest absolute Gasteiger partial charge is 1.00 e. The van der Waals surface area contributed by atoms with Crippen LogP contribution in [0.2, 0.25) is 0 Å². The van der Waals surface area contributed by atoms with Gasteiger partial charge in [-0.2, -0.15) is 0 Å². The fourth-order valence-corrected chi connectivity index (χ4v) is 5.10. The van der Waals surface area contributed by atoms with Gasteiger partial charge in [0.15, 0.2) is 6.04 Å². The van der Waals surface area contributed by atoms with Crippen molar-refractivity contribution in [2.45, 2.75) is 24.8 Å². The van der Waals surface area contributed by atoms with Crippen LogP contribution in [0.15, 0.2) is 28.8 Å². The number of amides is 2. The summed E-state index contributed by atoms with van der Waals surface area (Å²) in [4.78, 5) is 55.0. The summed E-state index contributed by atoms with van der Waals surface area (Å²) in [7, 11) is 1.29. The Hall–Kier alpha value is -1.37. The summed E-state index contributed by atoms with van der Waals surface area (Å²) in [5.41, 5.74) is -0.0369. The van der Waals surface area contributed by atoms with Crippen LogP contribution in [0.4, 0.5) is 0 Å². The quantitative estimate of drug-likeness (QED) is 0.183. The van der Waals surface area contributed by atoms with Crippen molar-refractivity contribution in [2.75, 3.05) is 19.5 Å². The van der Waals surface area contributed by atoms with E-state index >= 15 is 0 Å². The Kier molecular flexibility index (Phi) is 8.32. The Labute approximate surface area is 197 Å². The van der Waals surface area contributed by atoms with Crippen LogP contribution >= 0.6 is 23.1 Å². The molecule has 2 aliphatic rings. The van der Waals surface area contributed by atoms with Crippen LogP contribution in [-0.2, 0) is 35.2 Å². The second-order valence-electron chi connectivity index (χ2n) is 6.03. The number of rotatable bonds is 7. The number of nitrogens with zero attached hydrogens (tertiary/aromatic N) is 2. The Morgan fingerprint density at radius 3 is 2.66 bits per heavy atom. The zero-order valence-electron chi connectivity index (χ0n) is 16.1. The molecule has 2 atom stereocenters. The number of β-lactam (4-membered cyclic amide) rings is 1. The molecule has 1 fully saturated rings. The van der Waals surface area contributed by atoms with Gasteiger partial charge in [-0.1, -0.05) is 6.07 Å². The maximum Gasteiger partial charge on any atom is 1.00 e. The monoisotopic (exact) mass is 448 g/mol. The third-order valence-electron chi connectivity index (χ3n) is 4.26. The van der Waals surface area contributed by atoms with Crippen LogP contribution in [0.25, 0.3) is 0 Å². The molecule has 29 heavy (non-hydrogen) atoms. The summed E-state index contributed by atoms with van der Waals surface area (Å²) in [5.74, 6) is -2.85. The molecule has 1 saturated heterocycles. The maximum absolute atomic E-state index is 12.7. The molecule has 1 aromatic rings. The molecule has 2 amide bonds. The molecule has 0 spiro atoms. The number of carbonyl (C=O) groups excluding carboxylic acids is 4. The van der Waals surface area contributed by atoms with Crippen molar-refractivity contribution in [3.63, 3.8) is 0 Å². The van der Waals surface area contributed by atoms with Gasteiger partial charge in [-0.3, -0.25) is 24.1 Å². The van der Waals surface area contributed by atoms with E-state index in [2.05, 4.69) is 0 Å². The number of thioether (sulfide) groups is 1. The van der Waals surface area contributed by atoms with E-state index in [4.69, 9.17) is 9.57 Å². The van der Waals surface area contributed by atoms with E-state index in [-0.39, 0.29) is 59.6 Å². The van der Waals surface area contributed by atoms with Gasteiger partial charge in [0, 0.05) is 23.1 Å². The molecule has 0 aliphatic carbocycles. The fourth-order valence-electron chi connectivity index (χ4n) is 3.04. The zero-order valence-corrected chi connectivity index (χ0v) is 19.7. The number of carbonyl (C=O) groups is 4. The number of thiophene rings is 1. The minimum Gasteiger partial charge on any atom is -0.543 e. The number of hydrogen-bond acceptors (Lipinski definition) is 9. The van der Waals surface area contributed by atoms with Gasteiger partial charge in [-0.25, -0.2) is 5.06 Å². The average Bonchev–Trinajstić information content (AvgIpc) is 3.15. The second-order valence-corrected chi connectivity index (χ2v) is 8.17. The van der Waals surface area contributed by atoms with Crippen molar-refractivity contribution in [3.05, 3.63) is 33.7 Å². The molecule has 0 radical (unpaired) electrons. The van der Waals surface area contributed by atoms with Crippen LogP contribution in [0.1, 0.15) is 11.8 Å². The van der Waals surface area contributed by atoms with Crippen molar-refractivity contribution in [1.82, 2.24) is 9.96 Å². The molecule has 0 unspecified atom stereocenters. The smallest absolute Gasteiger partial charge is 0.543 e. The minimum absolute atomic E-state index is 0. The van der Waals surface area contributed by atoms with Gasteiger partial charge in [0.1, 0.15) is 12.0 Å². The van der Waals surface area contributed by atoms with Gasteiger partial charge >= 0.3 is 35.5 Å². The van der Waals surface area contributed by atoms with E-state index in [1.807, 2.05) is 11.4 Å². The molecule has 0 bridgehead atoms. The van der Waals surface area contributed by atoms with Gasteiger partial charge < -0.3 is 14.6 Å². The van der Waals surface area contributed by atoms with Crippen molar-refractivity contribution < 1.29 is 63.4 Å². The molecular formula is C17H17N2NaO7S2. The Morgan fingerprint density at radius 2 is 2.10 bits per heavy atom. The van der Waals surface area contributed by atoms with E-state index in [0.717, 1.165) is 14.8 Å². The normalized spacial score (nSPS) is 20.3. The molecule has 12 heteroatoms. The Morgan fingerprint density at radius 1 is 1.38 bits per heavy atom. The predicted molar refractivity (Wildman–Crippen MR) is 97.4 cm³/mol. The number of hydrogen-bond donors (Lipinski definition) is 0. The number of esters is 1. The van der Waals surface area contributed by atoms with Crippen molar-refractivity contribution in [3.8, 4) is 0 Å². The molecule has 150 valence electrons. The first-order chi connectivity index (χ1) is 13.3. The van der Waals surface area contributed by atoms with Crippen LogP contribution in [0.5, 0.6) is 0 Å². The van der Waals surface area contributed by atoms with Crippen LogP contribution in [-0.4, -0.2) is 64.6 Å². The van der Waals surface area contributed by atoms with E-state index in [0.29, 0.717) is 0 Å². The molecule has 9 nitrogen and oxygen atoms in total. The van der Waals surface area contributed by atoms with Gasteiger partial charge in [0.05, 0.1) is 25.2 Å². The zero-order chi connectivity index (χ0) is 20.4. The Balaban J connectivity index is 0.00000300. The molecule has 0 N–H and O–H groups in total. The summed E-state index contributed by atoms with van der Waals surface area (Å²) in [5, 5.41) is 13.8. The summed E-state index contributed by atoms with van der Waals surface area (Å²) in [6.45, 7) is 0.969. The summed E-state index contributed by atoms with van der Waals surface area (Å²) in [6, 6.07) is 2.69. The third-order valence-corrected chi connectivity index (χ3v) is 6.46. The minimum atomic E-state index is -1.53. The van der Waals surface area contributed by atoms with E-state index < -0.39 is 35.2 Å². The SMILES string of the molecule is CON(C(=O)Cc1cccs1)[C@@H]1C(=O)N2C(C(=O)[O-])=C(COC(C)=O)CS[C@H]12.[Na+]. The van der Waals surface area contributed by atoms with Crippen LogP contribution in [0.3, 0.4) is 0 Å². The third kappa shape index (κ3) is 4.86. The first-order valence-electron chi connectivity index (χ1n) is 8.25. The molecule has 3 heterocycles. The van der Waals surface area contributed by atoms with E-state index in [1.54, 1.807) is 6.07 Å². The summed E-state index contributed by atoms with van der Waals surface area (Å²) in [6.07, 6.45) is 0.0769. The van der Waals surface area contributed by atoms with E-state index in [9.17, 15) is 24.3 Å². The average molecular weight is 448 g/mol. The first-order valence-corrected chi connectivity index (χ1v) is 10.2. The molecule has 1 aromatic heterocycles. The fraction of sp³-hybridized carbons (Fsp3) is 0.412. The predicted octanol–water partition coefficient (Wildman–Crippen LogP) is -3.46. The van der Waals surface area contributed by atoms with Crippen molar-refractivity contribution in [1.29, 1.82) is 0 Å². The van der Waals surface area contributed by atoms with Crippen LogP contribution < -0.4 is 34.7 Å². The summed E-state index contributed by atoms with van der Waals surface area (Å²) < 4.78 is 4.87. The molecular weight excluding hydrogens is 431 g/mol. The number of carboxylic acids is 1. The van der Waals surface area contributed by atoms with Gasteiger partial charge in [0.25, 0.3) is 11.8 Å². The number of ether oxygens (including phenoxy) is 1. The number of aliphatic carboxylic acids is 1. The van der Waals surface area contributed by atoms with Gasteiger partial charge in [-0.05, 0) is 11.4 Å². The van der Waals surface area contributed by atoms with Gasteiger partial charge in [0.2, 0.25) is 0 Å². The topological polar surface area (TPSA) is 116 Å². The van der Waals surface area contributed by atoms with E-state index in [1.165, 1.54) is 37.1 Å².